The van der Waals surface area contributed by atoms with E-state index in [2.05, 4.69) is 6.92 Å². The van der Waals surface area contributed by atoms with E-state index in [9.17, 15) is 4.79 Å². The molecule has 0 spiro atoms. The molecule has 1 saturated heterocycles. The Kier molecular flexibility index (Phi) is 5.44. The van der Waals surface area contributed by atoms with Gasteiger partial charge in [0.1, 0.15) is 5.69 Å². The number of likely N-dealkylation sites (tertiary alicyclic amines) is 1. The summed E-state index contributed by atoms with van der Waals surface area (Å²) in [5.74, 6) is 0.783. The van der Waals surface area contributed by atoms with Gasteiger partial charge in [0.25, 0.3) is 5.91 Å². The van der Waals surface area contributed by atoms with Gasteiger partial charge >= 0.3 is 0 Å². The third-order valence-corrected chi connectivity index (χ3v) is 4.10. The molecule has 1 aliphatic heterocycles. The number of piperidine rings is 1. The summed E-state index contributed by atoms with van der Waals surface area (Å²) in [6.07, 6.45) is 2.09. The average molecular weight is 286 g/mol. The van der Waals surface area contributed by atoms with Crippen molar-refractivity contribution in [3.63, 3.8) is 0 Å². The molecule has 0 aromatic carbocycles. The standard InChI is InChI=1S/C14H23N3O.ClH/c1-10-6-7-17(12(8-10)9-15)14(18)13-5-4-11(2)16(13)3;/h4-5,10,12H,6-9,15H2,1-3H3;1H. The number of rotatable bonds is 2. The molecule has 1 aromatic rings. The van der Waals surface area contributed by atoms with Crippen molar-refractivity contribution >= 4 is 18.3 Å². The van der Waals surface area contributed by atoms with Gasteiger partial charge < -0.3 is 15.2 Å². The third kappa shape index (κ3) is 3.12. The highest BCUT2D eigenvalue weighted by Crippen LogP contribution is 2.24. The maximum absolute atomic E-state index is 12.6. The Morgan fingerprint density at radius 3 is 2.68 bits per heavy atom. The molecular formula is C14H24ClN3O. The lowest BCUT2D eigenvalue weighted by molar-refractivity contribution is 0.0563. The summed E-state index contributed by atoms with van der Waals surface area (Å²) >= 11 is 0. The number of aromatic nitrogens is 1. The first kappa shape index (κ1) is 16.1. The average Bonchev–Trinajstić information content (AvgIpc) is 2.69. The van der Waals surface area contributed by atoms with E-state index in [0.717, 1.165) is 30.8 Å². The molecule has 19 heavy (non-hydrogen) atoms. The van der Waals surface area contributed by atoms with Gasteiger partial charge in [0.2, 0.25) is 0 Å². The number of carbonyl (C=O) groups excluding carboxylic acids is 1. The first-order valence-corrected chi connectivity index (χ1v) is 6.68. The topological polar surface area (TPSA) is 51.3 Å². The Balaban J connectivity index is 0.00000180. The first-order valence-electron chi connectivity index (χ1n) is 6.68. The summed E-state index contributed by atoms with van der Waals surface area (Å²) in [5, 5.41) is 0. The van der Waals surface area contributed by atoms with Crippen molar-refractivity contribution in [1.29, 1.82) is 0 Å². The maximum Gasteiger partial charge on any atom is 0.270 e. The Bertz CT molecular complexity index is 444. The molecule has 0 aliphatic carbocycles. The van der Waals surface area contributed by atoms with E-state index in [1.807, 2.05) is 35.6 Å². The van der Waals surface area contributed by atoms with E-state index in [4.69, 9.17) is 5.73 Å². The van der Waals surface area contributed by atoms with Crippen LogP contribution < -0.4 is 5.73 Å². The van der Waals surface area contributed by atoms with Gasteiger partial charge in [-0.05, 0) is 37.8 Å². The van der Waals surface area contributed by atoms with Crippen LogP contribution in [0.1, 0.15) is 35.9 Å². The van der Waals surface area contributed by atoms with Crippen molar-refractivity contribution in [2.45, 2.75) is 32.7 Å². The number of nitrogens with zero attached hydrogens (tertiary/aromatic N) is 2. The van der Waals surface area contributed by atoms with Gasteiger partial charge in [-0.2, -0.15) is 0 Å². The minimum atomic E-state index is 0. The molecule has 108 valence electrons. The van der Waals surface area contributed by atoms with Crippen LogP contribution in [0, 0.1) is 12.8 Å². The van der Waals surface area contributed by atoms with Crippen LogP contribution in [-0.2, 0) is 7.05 Å². The summed E-state index contributed by atoms with van der Waals surface area (Å²) < 4.78 is 1.95. The van der Waals surface area contributed by atoms with Gasteiger partial charge in [-0.1, -0.05) is 6.92 Å². The van der Waals surface area contributed by atoms with Crippen LogP contribution in [-0.4, -0.2) is 34.5 Å². The minimum Gasteiger partial charge on any atom is -0.344 e. The highest BCUT2D eigenvalue weighted by molar-refractivity contribution is 5.93. The van der Waals surface area contributed by atoms with Crippen LogP contribution in [0.3, 0.4) is 0 Å². The van der Waals surface area contributed by atoms with Crippen molar-refractivity contribution in [3.8, 4) is 0 Å². The van der Waals surface area contributed by atoms with Gasteiger partial charge in [0, 0.05) is 31.9 Å². The van der Waals surface area contributed by atoms with Crippen molar-refractivity contribution in [2.75, 3.05) is 13.1 Å². The SMILES string of the molecule is Cc1ccc(C(=O)N2CCC(C)CC2CN)n1C.Cl. The van der Waals surface area contributed by atoms with E-state index in [0.29, 0.717) is 12.5 Å². The fraction of sp³-hybridized carbons (Fsp3) is 0.643. The second kappa shape index (κ2) is 6.44. The van der Waals surface area contributed by atoms with Crippen LogP contribution in [0.4, 0.5) is 0 Å². The minimum absolute atomic E-state index is 0. The molecule has 2 heterocycles. The second-order valence-corrected chi connectivity index (χ2v) is 5.44. The Labute approximate surface area is 121 Å². The molecule has 4 nitrogen and oxygen atoms in total. The van der Waals surface area contributed by atoms with Crippen molar-refractivity contribution < 1.29 is 4.79 Å². The van der Waals surface area contributed by atoms with Crippen molar-refractivity contribution in [3.05, 3.63) is 23.5 Å². The van der Waals surface area contributed by atoms with Crippen LogP contribution in [0.5, 0.6) is 0 Å². The Morgan fingerprint density at radius 1 is 1.47 bits per heavy atom. The molecule has 1 aliphatic rings. The van der Waals surface area contributed by atoms with E-state index < -0.39 is 0 Å². The lowest BCUT2D eigenvalue weighted by Gasteiger charge is -2.38. The summed E-state index contributed by atoms with van der Waals surface area (Å²) in [6, 6.07) is 4.08. The fourth-order valence-electron chi connectivity index (χ4n) is 2.72. The highest BCUT2D eigenvalue weighted by Gasteiger charge is 2.30. The molecule has 2 rings (SSSR count). The molecule has 1 amide bonds. The molecule has 2 unspecified atom stereocenters. The molecule has 2 atom stereocenters. The quantitative estimate of drug-likeness (QED) is 0.903. The van der Waals surface area contributed by atoms with Gasteiger partial charge in [-0.25, -0.2) is 0 Å². The Morgan fingerprint density at radius 2 is 2.16 bits per heavy atom. The molecule has 0 radical (unpaired) electrons. The summed E-state index contributed by atoms with van der Waals surface area (Å²) in [7, 11) is 1.94. The molecular weight excluding hydrogens is 262 g/mol. The van der Waals surface area contributed by atoms with E-state index in [1.54, 1.807) is 0 Å². The van der Waals surface area contributed by atoms with Crippen LogP contribution >= 0.6 is 12.4 Å². The van der Waals surface area contributed by atoms with E-state index >= 15 is 0 Å². The normalized spacial score (nSPS) is 23.1. The number of halogens is 1. The number of aryl methyl sites for hydroxylation is 1. The van der Waals surface area contributed by atoms with Crippen LogP contribution in [0.2, 0.25) is 0 Å². The molecule has 0 bridgehead atoms. The zero-order valence-corrected chi connectivity index (χ0v) is 12.7. The first-order chi connectivity index (χ1) is 8.54. The number of carbonyl (C=O) groups is 1. The second-order valence-electron chi connectivity index (χ2n) is 5.44. The zero-order chi connectivity index (χ0) is 13.3. The molecule has 0 saturated carbocycles. The van der Waals surface area contributed by atoms with Gasteiger partial charge in [-0.15, -0.1) is 12.4 Å². The maximum atomic E-state index is 12.6. The molecule has 5 heteroatoms. The summed E-state index contributed by atoms with van der Waals surface area (Å²) in [6.45, 7) is 5.62. The molecule has 1 fully saturated rings. The number of nitrogens with two attached hydrogens (primary N) is 1. The molecule has 2 N–H and O–H groups in total. The van der Waals surface area contributed by atoms with Crippen molar-refractivity contribution in [1.82, 2.24) is 9.47 Å². The largest absolute Gasteiger partial charge is 0.344 e. The lowest BCUT2D eigenvalue weighted by atomic mass is 9.92. The van der Waals surface area contributed by atoms with Gasteiger partial charge in [0.05, 0.1) is 0 Å². The van der Waals surface area contributed by atoms with Crippen molar-refractivity contribution in [2.24, 2.45) is 18.7 Å². The Hall–Kier alpha value is -1.00. The summed E-state index contributed by atoms with van der Waals surface area (Å²) in [5.41, 5.74) is 7.68. The number of hydrogen-bond acceptors (Lipinski definition) is 2. The monoisotopic (exact) mass is 285 g/mol. The number of amides is 1. The predicted octanol–water partition coefficient (Wildman–Crippen LogP) is 1.95. The lowest BCUT2D eigenvalue weighted by Crippen LogP contribution is -2.49. The van der Waals surface area contributed by atoms with Crippen LogP contribution in [0.15, 0.2) is 12.1 Å². The van der Waals surface area contributed by atoms with E-state index in [1.165, 1.54) is 0 Å². The third-order valence-electron chi connectivity index (χ3n) is 4.10. The predicted molar refractivity (Wildman–Crippen MR) is 79.7 cm³/mol. The smallest absolute Gasteiger partial charge is 0.270 e. The zero-order valence-electron chi connectivity index (χ0n) is 11.9. The van der Waals surface area contributed by atoms with Gasteiger partial charge in [0.15, 0.2) is 0 Å². The number of hydrogen-bond donors (Lipinski definition) is 1. The highest BCUT2D eigenvalue weighted by atomic mass is 35.5. The van der Waals surface area contributed by atoms with E-state index in [-0.39, 0.29) is 24.4 Å². The summed E-state index contributed by atoms with van der Waals surface area (Å²) in [4.78, 5) is 14.5. The van der Waals surface area contributed by atoms with Gasteiger partial charge in [-0.3, -0.25) is 4.79 Å². The fourth-order valence-corrected chi connectivity index (χ4v) is 2.72. The molecule has 1 aromatic heterocycles. The van der Waals surface area contributed by atoms with Crippen LogP contribution in [0.25, 0.3) is 0 Å².